The Hall–Kier alpha value is -1.88. The van der Waals surface area contributed by atoms with Gasteiger partial charge in [-0.2, -0.15) is 15.0 Å². The number of nitrogens with zero attached hydrogens (tertiary/aromatic N) is 3. The molecule has 0 saturated carbocycles. The molecule has 6 heteroatoms. The smallest absolute Gasteiger partial charge is 0.229 e. The summed E-state index contributed by atoms with van der Waals surface area (Å²) < 4.78 is 0. The van der Waals surface area contributed by atoms with E-state index in [1.165, 1.54) is 0 Å². The van der Waals surface area contributed by atoms with E-state index in [0.717, 1.165) is 12.0 Å². The third-order valence-corrected chi connectivity index (χ3v) is 3.41. The summed E-state index contributed by atoms with van der Waals surface area (Å²) in [5, 5.41) is 6.62. The van der Waals surface area contributed by atoms with Crippen molar-refractivity contribution < 1.29 is 0 Å². The highest BCUT2D eigenvalue weighted by atomic mass is 35.5. The molecule has 1 aromatic heterocycles. The van der Waals surface area contributed by atoms with Crippen LogP contribution in [0.15, 0.2) is 30.3 Å². The standard InChI is InChI=1S/C15H20ClN5/c1-4-10(2)17-14-19-13(16)20-15(21-14)18-11(3)12-8-6-5-7-9-12/h5-11H,4H2,1-3H3,(H2,17,18,19,20,21)/t10-,11-/m1/s1. The predicted octanol–water partition coefficient (Wildman–Crippen LogP) is 3.91. The molecule has 2 atom stereocenters. The van der Waals surface area contributed by atoms with Gasteiger partial charge in [-0.3, -0.25) is 0 Å². The summed E-state index contributed by atoms with van der Waals surface area (Å²) in [6.07, 6.45) is 0.979. The summed E-state index contributed by atoms with van der Waals surface area (Å²) in [5.41, 5.74) is 1.16. The Labute approximate surface area is 130 Å². The molecule has 0 aliphatic heterocycles. The van der Waals surface area contributed by atoms with Crippen LogP contribution in [-0.4, -0.2) is 21.0 Å². The maximum atomic E-state index is 5.96. The van der Waals surface area contributed by atoms with E-state index in [0.29, 0.717) is 11.9 Å². The van der Waals surface area contributed by atoms with Gasteiger partial charge in [0.05, 0.1) is 6.04 Å². The molecule has 0 saturated heterocycles. The van der Waals surface area contributed by atoms with Crippen molar-refractivity contribution >= 4 is 23.5 Å². The molecule has 0 amide bonds. The second-order valence-electron chi connectivity index (χ2n) is 4.98. The number of nitrogens with one attached hydrogen (secondary N) is 2. The van der Waals surface area contributed by atoms with E-state index in [1.807, 2.05) is 18.2 Å². The Bertz CT molecular complexity index is 576. The van der Waals surface area contributed by atoms with Crippen LogP contribution in [0.1, 0.15) is 38.8 Å². The van der Waals surface area contributed by atoms with E-state index in [2.05, 4.69) is 58.5 Å². The number of benzene rings is 1. The van der Waals surface area contributed by atoms with Crippen LogP contribution in [0.4, 0.5) is 11.9 Å². The van der Waals surface area contributed by atoms with Gasteiger partial charge < -0.3 is 10.6 Å². The summed E-state index contributed by atoms with van der Waals surface area (Å²) in [6, 6.07) is 10.5. The lowest BCUT2D eigenvalue weighted by Gasteiger charge is -2.16. The van der Waals surface area contributed by atoms with Gasteiger partial charge in [0.25, 0.3) is 0 Å². The second kappa shape index (κ2) is 7.22. The summed E-state index contributed by atoms with van der Waals surface area (Å²) in [5.74, 6) is 0.962. The van der Waals surface area contributed by atoms with Gasteiger partial charge in [-0.15, -0.1) is 0 Å². The molecule has 0 bridgehead atoms. The van der Waals surface area contributed by atoms with E-state index in [9.17, 15) is 0 Å². The Balaban J connectivity index is 2.12. The van der Waals surface area contributed by atoms with Gasteiger partial charge in [-0.05, 0) is 37.4 Å². The molecule has 1 heterocycles. The van der Waals surface area contributed by atoms with Crippen molar-refractivity contribution in [2.45, 2.75) is 39.3 Å². The first kappa shape index (κ1) is 15.5. The van der Waals surface area contributed by atoms with Crippen molar-refractivity contribution in [2.75, 3.05) is 10.6 Å². The first-order chi connectivity index (χ1) is 10.1. The lowest BCUT2D eigenvalue weighted by molar-refractivity contribution is 0.749. The monoisotopic (exact) mass is 305 g/mol. The van der Waals surface area contributed by atoms with Gasteiger partial charge >= 0.3 is 0 Å². The van der Waals surface area contributed by atoms with Crippen molar-refractivity contribution in [3.8, 4) is 0 Å². The first-order valence-electron chi connectivity index (χ1n) is 7.08. The fourth-order valence-electron chi connectivity index (χ4n) is 1.82. The van der Waals surface area contributed by atoms with E-state index in [4.69, 9.17) is 11.6 Å². The van der Waals surface area contributed by atoms with Gasteiger partial charge in [0.15, 0.2) is 0 Å². The van der Waals surface area contributed by atoms with Crippen molar-refractivity contribution in [3.05, 3.63) is 41.2 Å². The van der Waals surface area contributed by atoms with Crippen LogP contribution in [0, 0.1) is 0 Å². The maximum Gasteiger partial charge on any atom is 0.229 e. The molecule has 5 nitrogen and oxygen atoms in total. The average molecular weight is 306 g/mol. The fourth-order valence-corrected chi connectivity index (χ4v) is 1.98. The van der Waals surface area contributed by atoms with Crippen molar-refractivity contribution in [1.82, 2.24) is 15.0 Å². The highest BCUT2D eigenvalue weighted by molar-refractivity contribution is 6.28. The minimum absolute atomic E-state index is 0.0844. The zero-order valence-electron chi connectivity index (χ0n) is 12.5. The average Bonchev–Trinajstić information content (AvgIpc) is 2.47. The highest BCUT2D eigenvalue weighted by Crippen LogP contribution is 2.18. The fraction of sp³-hybridized carbons (Fsp3) is 0.400. The van der Waals surface area contributed by atoms with Crippen molar-refractivity contribution in [1.29, 1.82) is 0 Å². The molecule has 2 N–H and O–H groups in total. The highest BCUT2D eigenvalue weighted by Gasteiger charge is 2.10. The molecular formula is C15H20ClN5. The van der Waals surface area contributed by atoms with E-state index < -0.39 is 0 Å². The Morgan fingerprint density at radius 2 is 1.62 bits per heavy atom. The summed E-state index contributed by atoms with van der Waals surface area (Å²) in [4.78, 5) is 12.6. The lowest BCUT2D eigenvalue weighted by atomic mass is 10.1. The molecule has 0 unspecified atom stereocenters. The molecule has 1 aromatic carbocycles. The molecule has 0 aliphatic rings. The molecule has 0 fully saturated rings. The Morgan fingerprint density at radius 1 is 1.00 bits per heavy atom. The number of hydrogen-bond acceptors (Lipinski definition) is 5. The normalized spacial score (nSPS) is 13.5. The van der Waals surface area contributed by atoms with Crippen molar-refractivity contribution in [2.24, 2.45) is 0 Å². The first-order valence-corrected chi connectivity index (χ1v) is 7.46. The Kier molecular flexibility index (Phi) is 5.33. The van der Waals surface area contributed by atoms with Gasteiger partial charge in [-0.25, -0.2) is 0 Å². The minimum atomic E-state index is 0.0844. The third-order valence-electron chi connectivity index (χ3n) is 3.24. The van der Waals surface area contributed by atoms with Crippen LogP contribution < -0.4 is 10.6 Å². The third kappa shape index (κ3) is 4.56. The van der Waals surface area contributed by atoms with Crippen LogP contribution in [0.2, 0.25) is 5.28 Å². The quantitative estimate of drug-likeness (QED) is 0.847. The topological polar surface area (TPSA) is 62.7 Å². The molecular weight excluding hydrogens is 286 g/mol. The van der Waals surface area contributed by atoms with E-state index in [1.54, 1.807) is 0 Å². The number of anilines is 2. The molecule has 2 rings (SSSR count). The van der Waals surface area contributed by atoms with Crippen LogP contribution >= 0.6 is 11.6 Å². The molecule has 0 spiro atoms. The molecule has 0 radical (unpaired) electrons. The molecule has 112 valence electrons. The maximum absolute atomic E-state index is 5.96. The largest absolute Gasteiger partial charge is 0.352 e. The summed E-state index contributed by atoms with van der Waals surface area (Å²) in [7, 11) is 0. The van der Waals surface area contributed by atoms with Gasteiger partial charge in [0, 0.05) is 6.04 Å². The van der Waals surface area contributed by atoms with Crippen LogP contribution in [0.3, 0.4) is 0 Å². The van der Waals surface area contributed by atoms with Crippen LogP contribution in [-0.2, 0) is 0 Å². The second-order valence-corrected chi connectivity index (χ2v) is 5.32. The summed E-state index contributed by atoms with van der Waals surface area (Å²) in [6.45, 7) is 6.21. The molecule has 21 heavy (non-hydrogen) atoms. The molecule has 2 aromatic rings. The van der Waals surface area contributed by atoms with Gasteiger partial charge in [0.2, 0.25) is 17.2 Å². The number of aromatic nitrogens is 3. The van der Waals surface area contributed by atoms with E-state index >= 15 is 0 Å². The zero-order chi connectivity index (χ0) is 15.2. The SMILES string of the molecule is CC[C@@H](C)Nc1nc(Cl)nc(N[C@H](C)c2ccccc2)n1. The van der Waals surface area contributed by atoms with Gasteiger partial charge in [0.1, 0.15) is 0 Å². The number of hydrogen-bond donors (Lipinski definition) is 2. The van der Waals surface area contributed by atoms with Gasteiger partial charge in [-0.1, -0.05) is 37.3 Å². The summed E-state index contributed by atoms with van der Waals surface area (Å²) >= 11 is 5.96. The van der Waals surface area contributed by atoms with Crippen LogP contribution in [0.25, 0.3) is 0 Å². The zero-order valence-corrected chi connectivity index (χ0v) is 13.2. The Morgan fingerprint density at radius 3 is 2.24 bits per heavy atom. The molecule has 0 aliphatic carbocycles. The van der Waals surface area contributed by atoms with Crippen LogP contribution in [0.5, 0.6) is 0 Å². The predicted molar refractivity (Wildman–Crippen MR) is 86.7 cm³/mol. The number of halogens is 1. The van der Waals surface area contributed by atoms with Crippen molar-refractivity contribution in [3.63, 3.8) is 0 Å². The minimum Gasteiger partial charge on any atom is -0.352 e. The lowest BCUT2D eigenvalue weighted by Crippen LogP contribution is -2.17. The number of rotatable bonds is 6. The van der Waals surface area contributed by atoms with E-state index in [-0.39, 0.29) is 17.4 Å².